The summed E-state index contributed by atoms with van der Waals surface area (Å²) in [5.74, 6) is 0.950. The van der Waals surface area contributed by atoms with Gasteiger partial charge in [-0.15, -0.1) is 11.8 Å². The highest BCUT2D eigenvalue weighted by Gasteiger charge is 2.01. The third-order valence-corrected chi connectivity index (χ3v) is 3.65. The molecule has 3 nitrogen and oxygen atoms in total. The van der Waals surface area contributed by atoms with Gasteiger partial charge in [-0.2, -0.15) is 5.10 Å². The molecule has 90 valence electrons. The summed E-state index contributed by atoms with van der Waals surface area (Å²) in [7, 11) is 1.94. The normalized spacial score (nSPS) is 12.6. The van der Waals surface area contributed by atoms with Gasteiger partial charge in [0.2, 0.25) is 0 Å². The van der Waals surface area contributed by atoms with Crippen LogP contribution in [0.2, 0.25) is 0 Å². The zero-order valence-electron chi connectivity index (χ0n) is 10.1. The number of benzene rings is 1. The van der Waals surface area contributed by atoms with Crippen molar-refractivity contribution in [1.82, 2.24) is 9.78 Å². The lowest BCUT2D eigenvalue weighted by Crippen LogP contribution is -2.04. The maximum atomic E-state index is 5.81. The molecule has 2 N–H and O–H groups in total. The van der Waals surface area contributed by atoms with E-state index >= 15 is 0 Å². The van der Waals surface area contributed by atoms with E-state index in [1.807, 2.05) is 42.8 Å². The molecule has 0 saturated carbocycles. The molecule has 0 aliphatic carbocycles. The minimum Gasteiger partial charge on any atom is -0.324 e. The average molecular weight is 247 g/mol. The minimum absolute atomic E-state index is 0.104. The Balaban J connectivity index is 1.95. The summed E-state index contributed by atoms with van der Waals surface area (Å²) >= 11 is 1.81. The Hall–Kier alpha value is -1.26. The van der Waals surface area contributed by atoms with Gasteiger partial charge in [-0.25, -0.2) is 0 Å². The van der Waals surface area contributed by atoms with Crippen molar-refractivity contribution in [3.8, 4) is 0 Å². The van der Waals surface area contributed by atoms with Crippen molar-refractivity contribution in [1.29, 1.82) is 0 Å². The van der Waals surface area contributed by atoms with Crippen molar-refractivity contribution in [2.75, 3.05) is 0 Å². The van der Waals surface area contributed by atoms with E-state index in [2.05, 4.69) is 29.4 Å². The van der Waals surface area contributed by atoms with Crippen molar-refractivity contribution >= 4 is 11.8 Å². The Kier molecular flexibility index (Phi) is 3.86. The molecule has 2 rings (SSSR count). The lowest BCUT2D eigenvalue weighted by atomic mass is 10.1. The highest BCUT2D eigenvalue weighted by atomic mass is 32.2. The molecule has 1 atom stereocenters. The summed E-state index contributed by atoms with van der Waals surface area (Å²) in [4.78, 5) is 1.26. The van der Waals surface area contributed by atoms with Crippen LogP contribution in [0, 0.1) is 0 Å². The molecule has 0 saturated heterocycles. The second kappa shape index (κ2) is 5.38. The molecule has 17 heavy (non-hydrogen) atoms. The van der Waals surface area contributed by atoms with Crippen LogP contribution in [0.25, 0.3) is 0 Å². The van der Waals surface area contributed by atoms with Gasteiger partial charge in [0.1, 0.15) is 0 Å². The van der Waals surface area contributed by atoms with E-state index in [0.717, 1.165) is 5.75 Å². The van der Waals surface area contributed by atoms with Gasteiger partial charge >= 0.3 is 0 Å². The van der Waals surface area contributed by atoms with E-state index in [1.54, 1.807) is 0 Å². The van der Waals surface area contributed by atoms with E-state index in [4.69, 9.17) is 5.73 Å². The van der Waals surface area contributed by atoms with Crippen LogP contribution in [0.15, 0.2) is 41.6 Å². The fourth-order valence-electron chi connectivity index (χ4n) is 1.58. The lowest BCUT2D eigenvalue weighted by molar-refractivity contribution is 0.767. The summed E-state index contributed by atoms with van der Waals surface area (Å²) in [5.41, 5.74) is 8.23. The molecule has 1 aromatic heterocycles. The number of nitrogens with two attached hydrogens (primary N) is 1. The molecule has 1 unspecified atom stereocenters. The summed E-state index contributed by atoms with van der Waals surface area (Å²) in [6, 6.07) is 8.54. The second-order valence-electron chi connectivity index (χ2n) is 4.17. The van der Waals surface area contributed by atoms with Crippen LogP contribution in [0.3, 0.4) is 0 Å². The predicted molar refractivity (Wildman–Crippen MR) is 71.8 cm³/mol. The van der Waals surface area contributed by atoms with Crippen LogP contribution in [0.1, 0.15) is 24.1 Å². The van der Waals surface area contributed by atoms with Crippen LogP contribution < -0.4 is 5.73 Å². The van der Waals surface area contributed by atoms with Crippen molar-refractivity contribution in [3.05, 3.63) is 47.8 Å². The van der Waals surface area contributed by atoms with Gasteiger partial charge in [0.25, 0.3) is 0 Å². The number of rotatable bonds is 4. The Morgan fingerprint density at radius 1 is 1.35 bits per heavy atom. The van der Waals surface area contributed by atoms with E-state index < -0.39 is 0 Å². The van der Waals surface area contributed by atoms with Gasteiger partial charge in [-0.1, -0.05) is 12.1 Å². The maximum Gasteiger partial charge on any atom is 0.0530 e. The number of hydrogen-bond donors (Lipinski definition) is 1. The largest absolute Gasteiger partial charge is 0.324 e. The second-order valence-corrected chi connectivity index (χ2v) is 5.22. The third kappa shape index (κ3) is 3.35. The number of thioether (sulfide) groups is 1. The van der Waals surface area contributed by atoms with Crippen molar-refractivity contribution in [2.45, 2.75) is 23.6 Å². The molecule has 2 aromatic rings. The van der Waals surface area contributed by atoms with Gasteiger partial charge < -0.3 is 5.73 Å². The molecule has 0 fully saturated rings. The molecule has 1 aromatic carbocycles. The first-order valence-electron chi connectivity index (χ1n) is 5.61. The van der Waals surface area contributed by atoms with Crippen LogP contribution in [-0.2, 0) is 12.8 Å². The molecule has 0 bridgehead atoms. The molecule has 0 aliphatic rings. The average Bonchev–Trinajstić information content (AvgIpc) is 2.73. The monoisotopic (exact) mass is 247 g/mol. The van der Waals surface area contributed by atoms with Gasteiger partial charge in [0, 0.05) is 35.5 Å². The topological polar surface area (TPSA) is 43.8 Å². The Morgan fingerprint density at radius 3 is 2.59 bits per heavy atom. The molecule has 0 radical (unpaired) electrons. The highest BCUT2D eigenvalue weighted by Crippen LogP contribution is 2.23. The zero-order valence-corrected chi connectivity index (χ0v) is 10.9. The minimum atomic E-state index is 0.104. The van der Waals surface area contributed by atoms with Gasteiger partial charge in [-0.05, 0) is 24.6 Å². The van der Waals surface area contributed by atoms with Crippen molar-refractivity contribution < 1.29 is 0 Å². The Bertz CT molecular complexity index is 474. The van der Waals surface area contributed by atoms with Crippen molar-refractivity contribution in [2.24, 2.45) is 12.8 Å². The van der Waals surface area contributed by atoms with E-state index in [-0.39, 0.29) is 6.04 Å². The number of hydrogen-bond acceptors (Lipinski definition) is 3. The van der Waals surface area contributed by atoms with Crippen molar-refractivity contribution in [3.63, 3.8) is 0 Å². The lowest BCUT2D eigenvalue weighted by Gasteiger charge is -2.06. The van der Waals surface area contributed by atoms with E-state index in [0.29, 0.717) is 0 Å². The first-order valence-corrected chi connectivity index (χ1v) is 6.59. The fraction of sp³-hybridized carbons (Fsp3) is 0.308. The molecule has 4 heteroatoms. The first kappa shape index (κ1) is 12.2. The number of aryl methyl sites for hydroxylation is 1. The molecule has 0 spiro atoms. The predicted octanol–water partition coefficient (Wildman–Crippen LogP) is 2.73. The Labute approximate surface area is 106 Å². The molecule has 0 amide bonds. The molecular formula is C13H17N3S. The van der Waals surface area contributed by atoms with E-state index in [9.17, 15) is 0 Å². The van der Waals surface area contributed by atoms with Crippen LogP contribution >= 0.6 is 11.8 Å². The van der Waals surface area contributed by atoms with Gasteiger partial charge in [0.15, 0.2) is 0 Å². The van der Waals surface area contributed by atoms with Crippen LogP contribution in [0.4, 0.5) is 0 Å². The first-order chi connectivity index (χ1) is 8.15. The summed E-state index contributed by atoms with van der Waals surface area (Å²) < 4.78 is 1.83. The smallest absolute Gasteiger partial charge is 0.0530 e. The number of aromatic nitrogens is 2. The highest BCUT2D eigenvalue weighted by molar-refractivity contribution is 7.98. The summed E-state index contributed by atoms with van der Waals surface area (Å²) in [6.07, 6.45) is 3.95. The molecule has 0 aliphatic heterocycles. The quantitative estimate of drug-likeness (QED) is 0.845. The van der Waals surface area contributed by atoms with Crippen LogP contribution in [0.5, 0.6) is 0 Å². The summed E-state index contributed by atoms with van der Waals surface area (Å²) in [6.45, 7) is 2.00. The Morgan fingerprint density at radius 2 is 2.06 bits per heavy atom. The molecular weight excluding hydrogens is 230 g/mol. The number of nitrogens with zero attached hydrogens (tertiary/aromatic N) is 2. The van der Waals surface area contributed by atoms with Crippen LogP contribution in [-0.4, -0.2) is 9.78 Å². The SMILES string of the molecule is CC(N)c1ccc(SCc2cnn(C)c2)cc1. The fourth-order valence-corrected chi connectivity index (χ4v) is 2.39. The zero-order chi connectivity index (χ0) is 12.3. The van der Waals surface area contributed by atoms with E-state index in [1.165, 1.54) is 16.0 Å². The van der Waals surface area contributed by atoms with Gasteiger partial charge in [-0.3, -0.25) is 4.68 Å². The summed E-state index contributed by atoms with van der Waals surface area (Å²) in [5, 5.41) is 4.15. The third-order valence-electron chi connectivity index (χ3n) is 2.57. The molecule has 1 heterocycles. The van der Waals surface area contributed by atoms with Gasteiger partial charge in [0.05, 0.1) is 6.20 Å². The standard InChI is InChI=1S/C13H17N3S/c1-10(14)12-3-5-13(6-4-12)17-9-11-7-15-16(2)8-11/h3-8,10H,9,14H2,1-2H3. The maximum absolute atomic E-state index is 5.81.